The molecule has 0 aromatic heterocycles. The maximum Gasteiger partial charge on any atom is 0.227 e. The van der Waals surface area contributed by atoms with Crippen molar-refractivity contribution in [3.05, 3.63) is 34.3 Å². The van der Waals surface area contributed by atoms with Gasteiger partial charge in [-0.1, -0.05) is 40.9 Å². The fraction of sp³-hybridized carbons (Fsp3) is 0.500. The minimum Gasteiger partial charge on any atom is -0.353 e. The number of hydrogen-bond donors (Lipinski definition) is 1. The highest BCUT2D eigenvalue weighted by Crippen LogP contribution is 2.22. The van der Waals surface area contributed by atoms with E-state index in [0.29, 0.717) is 6.04 Å². The second-order valence-electron chi connectivity index (χ2n) is 4.77. The lowest BCUT2D eigenvalue weighted by molar-refractivity contribution is -0.122. The monoisotopic (exact) mass is 295 g/mol. The van der Waals surface area contributed by atoms with Crippen LogP contribution in [0.5, 0.6) is 0 Å². The van der Waals surface area contributed by atoms with Crippen LogP contribution in [0.3, 0.4) is 0 Å². The predicted molar refractivity (Wildman–Crippen MR) is 73.0 cm³/mol. The summed E-state index contributed by atoms with van der Waals surface area (Å²) in [5, 5.41) is 3.14. The molecule has 1 aromatic carbocycles. The van der Waals surface area contributed by atoms with Crippen molar-refractivity contribution in [3.63, 3.8) is 0 Å². The van der Waals surface area contributed by atoms with Gasteiger partial charge in [-0.3, -0.25) is 4.79 Å². The van der Waals surface area contributed by atoms with Crippen LogP contribution in [0.1, 0.15) is 44.1 Å². The topological polar surface area (TPSA) is 29.1 Å². The van der Waals surface area contributed by atoms with Crippen LogP contribution in [0.15, 0.2) is 28.7 Å². The van der Waals surface area contributed by atoms with Gasteiger partial charge in [0.25, 0.3) is 0 Å². The van der Waals surface area contributed by atoms with E-state index in [9.17, 15) is 4.79 Å². The Hall–Kier alpha value is -0.830. The molecule has 0 aliphatic heterocycles. The highest BCUT2D eigenvalue weighted by atomic mass is 79.9. The third kappa shape index (κ3) is 3.32. The molecular formula is C14H18BrNO. The number of carbonyl (C=O) groups is 1. The van der Waals surface area contributed by atoms with E-state index in [2.05, 4.69) is 21.2 Å². The van der Waals surface area contributed by atoms with E-state index in [1.807, 2.05) is 31.2 Å². The van der Waals surface area contributed by atoms with Crippen molar-refractivity contribution in [3.8, 4) is 0 Å². The summed E-state index contributed by atoms with van der Waals surface area (Å²) in [6, 6.07) is 8.36. The number of rotatable bonds is 3. The molecule has 1 amide bonds. The Morgan fingerprint density at radius 3 is 2.76 bits per heavy atom. The smallest absolute Gasteiger partial charge is 0.227 e. The maximum absolute atomic E-state index is 12.1. The van der Waals surface area contributed by atoms with Gasteiger partial charge < -0.3 is 5.32 Å². The van der Waals surface area contributed by atoms with Crippen LogP contribution in [0.25, 0.3) is 0 Å². The number of benzene rings is 1. The molecule has 2 nitrogen and oxygen atoms in total. The largest absolute Gasteiger partial charge is 0.353 e. The Morgan fingerprint density at radius 1 is 1.41 bits per heavy atom. The van der Waals surface area contributed by atoms with E-state index in [1.165, 1.54) is 12.8 Å². The van der Waals surface area contributed by atoms with Crippen molar-refractivity contribution in [2.45, 2.75) is 44.6 Å². The first kappa shape index (κ1) is 12.6. The fourth-order valence-corrected chi connectivity index (χ4v) is 2.74. The second kappa shape index (κ2) is 5.67. The van der Waals surface area contributed by atoms with Gasteiger partial charge in [0.2, 0.25) is 5.91 Å². The Balaban J connectivity index is 1.98. The molecule has 2 rings (SSSR count). The van der Waals surface area contributed by atoms with Gasteiger partial charge >= 0.3 is 0 Å². The van der Waals surface area contributed by atoms with Gasteiger partial charge in [-0.2, -0.15) is 0 Å². The summed E-state index contributed by atoms with van der Waals surface area (Å²) < 4.78 is 1.02. The number of amides is 1. The first-order chi connectivity index (χ1) is 8.16. The zero-order chi connectivity index (χ0) is 12.3. The SMILES string of the molecule is CC(C(=O)NC1CCCC1)c1cccc(Br)c1. The van der Waals surface area contributed by atoms with Crippen LogP contribution in [-0.2, 0) is 4.79 Å². The summed E-state index contributed by atoms with van der Waals surface area (Å²) in [5.41, 5.74) is 1.06. The highest BCUT2D eigenvalue weighted by Gasteiger charge is 2.21. The maximum atomic E-state index is 12.1. The van der Waals surface area contributed by atoms with E-state index in [4.69, 9.17) is 0 Å². The molecule has 1 saturated carbocycles. The van der Waals surface area contributed by atoms with Crippen LogP contribution in [0, 0.1) is 0 Å². The van der Waals surface area contributed by atoms with E-state index in [1.54, 1.807) is 0 Å². The standard InChI is InChI=1S/C14H18BrNO/c1-10(11-5-4-6-12(15)9-11)14(17)16-13-7-2-3-8-13/h4-6,9-10,13H,2-3,7-8H2,1H3,(H,16,17). The van der Waals surface area contributed by atoms with Crippen molar-refractivity contribution in [2.24, 2.45) is 0 Å². The summed E-state index contributed by atoms with van der Waals surface area (Å²) in [6.45, 7) is 1.96. The number of halogens is 1. The van der Waals surface area contributed by atoms with E-state index in [-0.39, 0.29) is 11.8 Å². The molecule has 1 fully saturated rings. The number of hydrogen-bond acceptors (Lipinski definition) is 1. The minimum atomic E-state index is -0.0758. The van der Waals surface area contributed by atoms with Crippen molar-refractivity contribution >= 4 is 21.8 Å². The average molecular weight is 296 g/mol. The molecule has 0 bridgehead atoms. The summed E-state index contributed by atoms with van der Waals surface area (Å²) in [6.07, 6.45) is 4.76. The lowest BCUT2D eigenvalue weighted by Crippen LogP contribution is -2.35. The van der Waals surface area contributed by atoms with Gasteiger partial charge in [0.1, 0.15) is 0 Å². The minimum absolute atomic E-state index is 0.0758. The predicted octanol–water partition coefficient (Wildman–Crippen LogP) is 3.61. The van der Waals surface area contributed by atoms with Gasteiger partial charge in [0, 0.05) is 10.5 Å². The molecule has 0 saturated heterocycles. The molecule has 3 heteroatoms. The molecule has 1 unspecified atom stereocenters. The van der Waals surface area contributed by atoms with Crippen LogP contribution in [0.4, 0.5) is 0 Å². The van der Waals surface area contributed by atoms with Crippen LogP contribution in [-0.4, -0.2) is 11.9 Å². The Morgan fingerprint density at radius 2 is 2.12 bits per heavy atom. The van der Waals surface area contributed by atoms with Gasteiger partial charge in [-0.05, 0) is 37.5 Å². The molecular weight excluding hydrogens is 278 g/mol. The average Bonchev–Trinajstić information content (AvgIpc) is 2.80. The Bertz CT molecular complexity index is 399. The van der Waals surface area contributed by atoms with Crippen molar-refractivity contribution in [1.82, 2.24) is 5.32 Å². The fourth-order valence-electron chi connectivity index (χ4n) is 2.32. The summed E-state index contributed by atoms with van der Waals surface area (Å²) in [4.78, 5) is 12.1. The zero-order valence-electron chi connectivity index (χ0n) is 10.1. The van der Waals surface area contributed by atoms with Gasteiger partial charge in [0.05, 0.1) is 5.92 Å². The highest BCUT2D eigenvalue weighted by molar-refractivity contribution is 9.10. The summed E-state index contributed by atoms with van der Waals surface area (Å²) >= 11 is 3.44. The van der Waals surface area contributed by atoms with Crippen LogP contribution in [0.2, 0.25) is 0 Å². The first-order valence-electron chi connectivity index (χ1n) is 6.22. The molecule has 0 spiro atoms. The summed E-state index contributed by atoms with van der Waals surface area (Å²) in [5.74, 6) is 0.0723. The normalized spacial score (nSPS) is 18.0. The molecule has 17 heavy (non-hydrogen) atoms. The molecule has 0 radical (unpaired) electrons. The molecule has 1 aliphatic carbocycles. The number of carbonyl (C=O) groups excluding carboxylic acids is 1. The van der Waals surface area contributed by atoms with Gasteiger partial charge in [-0.25, -0.2) is 0 Å². The van der Waals surface area contributed by atoms with E-state index in [0.717, 1.165) is 22.9 Å². The van der Waals surface area contributed by atoms with E-state index < -0.39 is 0 Å². The van der Waals surface area contributed by atoms with Crippen molar-refractivity contribution in [2.75, 3.05) is 0 Å². The van der Waals surface area contributed by atoms with Crippen LogP contribution >= 0.6 is 15.9 Å². The third-order valence-corrected chi connectivity index (χ3v) is 3.94. The first-order valence-corrected chi connectivity index (χ1v) is 7.02. The van der Waals surface area contributed by atoms with Gasteiger partial charge in [0.15, 0.2) is 0 Å². The number of nitrogens with one attached hydrogen (secondary N) is 1. The lowest BCUT2D eigenvalue weighted by Gasteiger charge is -2.17. The zero-order valence-corrected chi connectivity index (χ0v) is 11.7. The van der Waals surface area contributed by atoms with Gasteiger partial charge in [-0.15, -0.1) is 0 Å². The molecule has 1 N–H and O–H groups in total. The molecule has 1 atom stereocenters. The second-order valence-corrected chi connectivity index (χ2v) is 5.68. The Labute approximate surface area is 111 Å². The molecule has 1 aliphatic rings. The molecule has 1 aromatic rings. The van der Waals surface area contributed by atoms with Crippen LogP contribution < -0.4 is 5.32 Å². The van der Waals surface area contributed by atoms with Crippen molar-refractivity contribution < 1.29 is 4.79 Å². The lowest BCUT2D eigenvalue weighted by atomic mass is 10.00. The third-order valence-electron chi connectivity index (χ3n) is 3.44. The quantitative estimate of drug-likeness (QED) is 0.907. The molecule has 0 heterocycles. The van der Waals surface area contributed by atoms with Crippen molar-refractivity contribution in [1.29, 1.82) is 0 Å². The van der Waals surface area contributed by atoms with E-state index >= 15 is 0 Å². The summed E-state index contributed by atoms with van der Waals surface area (Å²) in [7, 11) is 0. The molecule has 92 valence electrons. The Kier molecular flexibility index (Phi) is 4.21.